The summed E-state index contributed by atoms with van der Waals surface area (Å²) >= 11 is 0. The van der Waals surface area contributed by atoms with E-state index < -0.39 is 0 Å². The van der Waals surface area contributed by atoms with Gasteiger partial charge in [0.25, 0.3) is 0 Å². The van der Waals surface area contributed by atoms with E-state index in [1.54, 1.807) is 18.5 Å². The third kappa shape index (κ3) is 3.88. The zero-order valence-corrected chi connectivity index (χ0v) is 13.9. The molecule has 0 fully saturated rings. The van der Waals surface area contributed by atoms with Crippen molar-refractivity contribution < 1.29 is 0 Å². The van der Waals surface area contributed by atoms with E-state index in [1.807, 2.05) is 67.6 Å². The van der Waals surface area contributed by atoms with Gasteiger partial charge in [0, 0.05) is 12.4 Å². The Morgan fingerprint density at radius 2 is 1.52 bits per heavy atom. The lowest BCUT2D eigenvalue weighted by atomic mass is 10.0. The van der Waals surface area contributed by atoms with E-state index in [9.17, 15) is 0 Å². The highest BCUT2D eigenvalue weighted by atomic mass is 14.8. The van der Waals surface area contributed by atoms with Gasteiger partial charge in [-0.25, -0.2) is 4.98 Å². The van der Waals surface area contributed by atoms with Gasteiger partial charge in [0.15, 0.2) is 0 Å². The van der Waals surface area contributed by atoms with E-state index >= 15 is 0 Å². The van der Waals surface area contributed by atoms with E-state index in [2.05, 4.69) is 15.9 Å². The molecule has 3 heteroatoms. The first-order valence-corrected chi connectivity index (χ1v) is 7.96. The molecule has 0 amide bonds. The predicted molar refractivity (Wildman–Crippen MR) is 102 cm³/mol. The molecule has 0 bridgehead atoms. The second kappa shape index (κ2) is 7.85. The van der Waals surface area contributed by atoms with Gasteiger partial charge in [-0.3, -0.25) is 9.97 Å². The van der Waals surface area contributed by atoms with Gasteiger partial charge >= 0.3 is 0 Å². The van der Waals surface area contributed by atoms with Crippen LogP contribution in [0.3, 0.4) is 0 Å². The van der Waals surface area contributed by atoms with Gasteiger partial charge in [-0.05, 0) is 66.6 Å². The van der Waals surface area contributed by atoms with Gasteiger partial charge in [0.2, 0.25) is 0 Å². The van der Waals surface area contributed by atoms with Crippen LogP contribution in [-0.4, -0.2) is 15.0 Å². The van der Waals surface area contributed by atoms with Crippen molar-refractivity contribution in [3.05, 3.63) is 84.7 Å². The normalized spacial score (nSPS) is 11.4. The number of terminal acetylenes is 1. The molecule has 0 saturated carbocycles. The summed E-state index contributed by atoms with van der Waals surface area (Å²) in [4.78, 5) is 13.6. The van der Waals surface area contributed by atoms with Crippen molar-refractivity contribution in [3.8, 4) is 35.1 Å². The van der Waals surface area contributed by atoms with Crippen molar-refractivity contribution in [1.82, 2.24) is 15.0 Å². The number of pyridine rings is 3. The van der Waals surface area contributed by atoms with E-state index in [0.29, 0.717) is 0 Å². The first-order valence-electron chi connectivity index (χ1n) is 7.96. The number of hydrogen-bond acceptors (Lipinski definition) is 3. The van der Waals surface area contributed by atoms with Crippen LogP contribution < -0.4 is 0 Å². The van der Waals surface area contributed by atoms with Gasteiger partial charge in [-0.2, -0.15) is 0 Å². The summed E-state index contributed by atoms with van der Waals surface area (Å²) < 4.78 is 0. The van der Waals surface area contributed by atoms with Crippen LogP contribution in [0.5, 0.6) is 0 Å². The summed E-state index contributed by atoms with van der Waals surface area (Å²) in [7, 11) is 0. The molecule has 0 saturated heterocycles. The number of allylic oxidation sites excluding steroid dienone is 4. The molecular weight excluding hydrogens is 306 g/mol. The number of nitrogens with zero attached hydrogens (tertiary/aromatic N) is 3. The van der Waals surface area contributed by atoms with Crippen molar-refractivity contribution in [2.24, 2.45) is 0 Å². The van der Waals surface area contributed by atoms with E-state index in [-0.39, 0.29) is 0 Å². The molecule has 0 N–H and O–H groups in total. The van der Waals surface area contributed by atoms with Crippen molar-refractivity contribution in [3.63, 3.8) is 0 Å². The van der Waals surface area contributed by atoms with Crippen molar-refractivity contribution >= 4 is 5.57 Å². The second-order valence-corrected chi connectivity index (χ2v) is 5.30. The lowest BCUT2D eigenvalue weighted by Gasteiger charge is -2.09. The van der Waals surface area contributed by atoms with Crippen LogP contribution in [0.2, 0.25) is 0 Å². The van der Waals surface area contributed by atoms with Crippen LogP contribution >= 0.6 is 0 Å². The minimum absolute atomic E-state index is 0.798. The molecule has 120 valence electrons. The first-order chi connectivity index (χ1) is 12.3. The molecule has 0 aromatic carbocycles. The highest BCUT2D eigenvalue weighted by Crippen LogP contribution is 2.26. The van der Waals surface area contributed by atoms with E-state index in [0.717, 1.165) is 33.9 Å². The molecule has 3 aromatic heterocycles. The fourth-order valence-corrected chi connectivity index (χ4v) is 2.49. The lowest BCUT2D eigenvalue weighted by Crippen LogP contribution is -1.95. The Morgan fingerprint density at radius 1 is 0.920 bits per heavy atom. The highest BCUT2D eigenvalue weighted by molar-refractivity contribution is 5.79. The first kappa shape index (κ1) is 16.4. The quantitative estimate of drug-likeness (QED) is 0.511. The van der Waals surface area contributed by atoms with Crippen molar-refractivity contribution in [1.29, 1.82) is 0 Å². The largest absolute Gasteiger partial charge is 0.255 e. The number of hydrogen-bond donors (Lipinski definition) is 0. The maximum absolute atomic E-state index is 5.36. The molecule has 0 spiro atoms. The van der Waals surface area contributed by atoms with Crippen LogP contribution in [0.1, 0.15) is 12.5 Å². The predicted octanol–water partition coefficient (Wildman–Crippen LogP) is 4.80. The average Bonchev–Trinajstić information content (AvgIpc) is 2.70. The summed E-state index contributed by atoms with van der Waals surface area (Å²) in [6.07, 6.45) is 14.5. The van der Waals surface area contributed by atoms with Crippen LogP contribution in [0.15, 0.2) is 79.2 Å². The third-order valence-corrected chi connectivity index (χ3v) is 3.68. The van der Waals surface area contributed by atoms with Crippen LogP contribution in [-0.2, 0) is 0 Å². The Balaban J connectivity index is 2.19. The Labute approximate surface area is 147 Å². The number of rotatable bonds is 4. The molecule has 3 heterocycles. The fourth-order valence-electron chi connectivity index (χ4n) is 2.49. The maximum Gasteiger partial charge on any atom is 0.0900 e. The third-order valence-electron chi connectivity index (χ3n) is 3.68. The van der Waals surface area contributed by atoms with Crippen LogP contribution in [0.4, 0.5) is 0 Å². The minimum atomic E-state index is 0.798. The lowest BCUT2D eigenvalue weighted by molar-refractivity contribution is 1.21. The Kier molecular flexibility index (Phi) is 5.13. The molecule has 0 aliphatic heterocycles. The molecule has 0 radical (unpaired) electrons. The van der Waals surface area contributed by atoms with Crippen LogP contribution in [0, 0.1) is 12.3 Å². The second-order valence-electron chi connectivity index (χ2n) is 5.30. The molecule has 0 unspecified atom stereocenters. The van der Waals surface area contributed by atoms with Gasteiger partial charge in [-0.15, -0.1) is 6.42 Å². The molecule has 3 rings (SSSR count). The minimum Gasteiger partial charge on any atom is -0.255 e. The SMILES string of the molecule is C#C/C=C\C(=C/C)c1cc(-c2ccccn2)nc(-c2ccccn2)c1. The summed E-state index contributed by atoms with van der Waals surface area (Å²) in [6.45, 7) is 1.98. The van der Waals surface area contributed by atoms with Gasteiger partial charge in [-0.1, -0.05) is 24.1 Å². The molecular formula is C22H17N3. The van der Waals surface area contributed by atoms with Gasteiger partial charge in [0.05, 0.1) is 22.8 Å². The monoisotopic (exact) mass is 323 g/mol. The Bertz CT molecular complexity index is 892. The van der Waals surface area contributed by atoms with Crippen molar-refractivity contribution in [2.45, 2.75) is 6.92 Å². The molecule has 0 aliphatic rings. The van der Waals surface area contributed by atoms with Crippen LogP contribution in [0.25, 0.3) is 28.3 Å². The van der Waals surface area contributed by atoms with E-state index in [1.165, 1.54) is 0 Å². The summed E-state index contributed by atoms with van der Waals surface area (Å²) in [5.74, 6) is 2.53. The maximum atomic E-state index is 5.36. The zero-order chi connectivity index (χ0) is 17.5. The fraction of sp³-hybridized carbons (Fsp3) is 0.0455. The molecule has 3 aromatic rings. The molecule has 25 heavy (non-hydrogen) atoms. The zero-order valence-electron chi connectivity index (χ0n) is 13.9. The van der Waals surface area contributed by atoms with E-state index in [4.69, 9.17) is 11.4 Å². The molecule has 0 aliphatic carbocycles. The molecule has 0 atom stereocenters. The van der Waals surface area contributed by atoms with Crippen molar-refractivity contribution in [2.75, 3.05) is 0 Å². The average molecular weight is 323 g/mol. The smallest absolute Gasteiger partial charge is 0.0900 e. The summed E-state index contributed by atoms with van der Waals surface area (Å²) in [5.41, 5.74) is 5.27. The van der Waals surface area contributed by atoms with Gasteiger partial charge in [0.1, 0.15) is 0 Å². The Hall–Kier alpha value is -3.51. The summed E-state index contributed by atoms with van der Waals surface area (Å²) in [6, 6.07) is 15.6. The van der Waals surface area contributed by atoms with Gasteiger partial charge < -0.3 is 0 Å². The summed E-state index contributed by atoms with van der Waals surface area (Å²) in [5, 5.41) is 0. The standard InChI is InChI=1S/C22H17N3/c1-3-5-10-17(4-2)18-15-21(19-11-6-8-13-23-19)25-22(16-18)20-12-7-9-14-24-20/h1,4-16H,2H3/b10-5-,17-4+. The topological polar surface area (TPSA) is 38.7 Å². The number of aromatic nitrogens is 3. The highest BCUT2D eigenvalue weighted by Gasteiger charge is 2.10. The molecule has 3 nitrogen and oxygen atoms in total. The Morgan fingerprint density at radius 3 is 1.96 bits per heavy atom.